The van der Waals surface area contributed by atoms with E-state index in [1.807, 2.05) is 45.2 Å². The average molecular weight is 370 g/mol. The van der Waals surface area contributed by atoms with E-state index in [-0.39, 0.29) is 11.6 Å². The Kier molecular flexibility index (Phi) is 5.91. The maximum Gasteiger partial charge on any atom is 0.278 e. The molecule has 2 heterocycles. The Balaban J connectivity index is 1.99. The molecule has 1 saturated heterocycles. The first kappa shape index (κ1) is 19.1. The second kappa shape index (κ2) is 8.35. The molecule has 0 bridgehead atoms. The van der Waals surface area contributed by atoms with Gasteiger partial charge in [-0.25, -0.2) is 4.68 Å². The number of benzene rings is 1. The minimum absolute atomic E-state index is 0.0658. The number of nitrogens with zero attached hydrogens (tertiary/aromatic N) is 4. The molecule has 7 heteroatoms. The molecule has 3 rings (SSSR count). The van der Waals surface area contributed by atoms with Gasteiger partial charge < -0.3 is 14.5 Å². The van der Waals surface area contributed by atoms with Gasteiger partial charge in [-0.15, -0.1) is 0 Å². The third kappa shape index (κ3) is 4.36. The lowest BCUT2D eigenvalue weighted by Gasteiger charge is -2.32. The number of carbonyl (C=O) groups excluding carboxylic acids is 1. The number of aryl methyl sites for hydroxylation is 1. The molecule has 0 radical (unpaired) electrons. The molecule has 27 heavy (non-hydrogen) atoms. The highest BCUT2D eigenvalue weighted by atomic mass is 16.5. The van der Waals surface area contributed by atoms with E-state index in [4.69, 9.17) is 4.74 Å². The third-order valence-corrected chi connectivity index (χ3v) is 4.62. The largest absolute Gasteiger partial charge is 0.478 e. The zero-order chi connectivity index (χ0) is 19.4. The molecule has 144 valence electrons. The topological polar surface area (TPSA) is 67.7 Å². The van der Waals surface area contributed by atoms with Crippen molar-refractivity contribution < 1.29 is 9.53 Å². The number of ether oxygens (including phenoxy) is 1. The third-order valence-electron chi connectivity index (χ3n) is 4.62. The molecule has 0 atom stereocenters. The van der Waals surface area contributed by atoms with Crippen molar-refractivity contribution in [1.29, 1.82) is 0 Å². The normalized spacial score (nSPS) is 15.0. The van der Waals surface area contributed by atoms with Gasteiger partial charge in [0.2, 0.25) is 11.3 Å². The van der Waals surface area contributed by atoms with E-state index in [0.717, 1.165) is 30.8 Å². The van der Waals surface area contributed by atoms with Crippen molar-refractivity contribution in [3.63, 3.8) is 0 Å². The van der Waals surface area contributed by atoms with Crippen LogP contribution in [0.25, 0.3) is 5.69 Å². The first-order valence-electron chi connectivity index (χ1n) is 9.31. The highest BCUT2D eigenvalue weighted by Gasteiger charge is 2.25. The lowest BCUT2D eigenvalue weighted by atomic mass is 10.2. The second-order valence-corrected chi connectivity index (χ2v) is 6.89. The van der Waals surface area contributed by atoms with Crippen LogP contribution in [-0.4, -0.2) is 65.3 Å². The van der Waals surface area contributed by atoms with Gasteiger partial charge in [-0.2, -0.15) is 5.10 Å². The highest BCUT2D eigenvalue weighted by Crippen LogP contribution is 2.17. The molecule has 0 saturated carbocycles. The Bertz CT molecular complexity index is 853. The molecular formula is C20H26N4O3. The first-order chi connectivity index (χ1) is 13.0. The molecule has 0 aliphatic carbocycles. The lowest BCUT2D eigenvalue weighted by Crippen LogP contribution is -2.48. The molecule has 1 aromatic carbocycles. The van der Waals surface area contributed by atoms with Gasteiger partial charge in [0, 0.05) is 26.2 Å². The Labute approximate surface area is 159 Å². The van der Waals surface area contributed by atoms with Gasteiger partial charge in [0.05, 0.1) is 18.4 Å². The fourth-order valence-electron chi connectivity index (χ4n) is 2.93. The van der Waals surface area contributed by atoms with Gasteiger partial charge in [-0.05, 0) is 32.5 Å². The molecule has 0 spiro atoms. The van der Waals surface area contributed by atoms with Crippen molar-refractivity contribution in [2.75, 3.05) is 39.8 Å². The van der Waals surface area contributed by atoms with E-state index < -0.39 is 5.43 Å². The summed E-state index contributed by atoms with van der Waals surface area (Å²) in [5.41, 5.74) is 1.39. The average Bonchev–Trinajstić information content (AvgIpc) is 2.67. The number of hydrogen-bond donors (Lipinski definition) is 0. The summed E-state index contributed by atoms with van der Waals surface area (Å²) in [5.74, 6) is 0.0247. The summed E-state index contributed by atoms with van der Waals surface area (Å²) in [6, 6.07) is 9.08. The Morgan fingerprint density at radius 1 is 1.15 bits per heavy atom. The van der Waals surface area contributed by atoms with Crippen molar-refractivity contribution >= 4 is 5.91 Å². The van der Waals surface area contributed by atoms with E-state index in [0.29, 0.717) is 25.6 Å². The van der Waals surface area contributed by atoms with Crippen molar-refractivity contribution in [1.82, 2.24) is 19.6 Å². The van der Waals surface area contributed by atoms with E-state index in [2.05, 4.69) is 10.00 Å². The Morgan fingerprint density at radius 2 is 1.81 bits per heavy atom. The van der Waals surface area contributed by atoms with Crippen molar-refractivity contribution in [3.05, 3.63) is 51.8 Å². The summed E-state index contributed by atoms with van der Waals surface area (Å²) in [4.78, 5) is 29.3. The van der Waals surface area contributed by atoms with Crippen LogP contribution in [0.4, 0.5) is 0 Å². The number of rotatable bonds is 5. The molecule has 1 aliphatic rings. The van der Waals surface area contributed by atoms with Crippen LogP contribution in [0.2, 0.25) is 0 Å². The van der Waals surface area contributed by atoms with Crippen molar-refractivity contribution in [2.45, 2.75) is 20.3 Å². The number of likely N-dealkylation sites (N-methyl/N-ethyl adjacent to an activating group) is 1. The van der Waals surface area contributed by atoms with Crippen LogP contribution in [0.5, 0.6) is 5.88 Å². The van der Waals surface area contributed by atoms with E-state index in [1.54, 1.807) is 9.58 Å². The predicted octanol–water partition coefficient (Wildman–Crippen LogP) is 1.72. The maximum atomic E-state index is 12.9. The van der Waals surface area contributed by atoms with E-state index >= 15 is 0 Å². The minimum atomic E-state index is -0.409. The minimum Gasteiger partial charge on any atom is -0.478 e. The smallest absolute Gasteiger partial charge is 0.278 e. The summed E-state index contributed by atoms with van der Waals surface area (Å²) >= 11 is 0. The molecule has 1 aromatic heterocycles. The van der Waals surface area contributed by atoms with Crippen molar-refractivity contribution in [2.24, 2.45) is 0 Å². The maximum absolute atomic E-state index is 12.9. The summed E-state index contributed by atoms with van der Waals surface area (Å²) in [6.07, 6.45) is 0.810. The number of amides is 1. The zero-order valence-electron chi connectivity index (χ0n) is 16.1. The quantitative estimate of drug-likeness (QED) is 0.802. The van der Waals surface area contributed by atoms with Gasteiger partial charge in [-0.3, -0.25) is 9.59 Å². The number of hydrogen-bond acceptors (Lipinski definition) is 5. The van der Waals surface area contributed by atoms with Crippen LogP contribution in [0.1, 0.15) is 29.4 Å². The second-order valence-electron chi connectivity index (χ2n) is 6.89. The molecular weight excluding hydrogens is 344 g/mol. The fraction of sp³-hybridized carbons (Fsp3) is 0.450. The van der Waals surface area contributed by atoms with Gasteiger partial charge in [-0.1, -0.05) is 24.6 Å². The van der Waals surface area contributed by atoms with Crippen LogP contribution in [-0.2, 0) is 0 Å². The van der Waals surface area contributed by atoms with Gasteiger partial charge >= 0.3 is 0 Å². The SMILES string of the molecule is CCCOc1cc(=O)c(C(=O)N2CCN(C)CC2)nn1-c1ccc(C)cc1. The summed E-state index contributed by atoms with van der Waals surface area (Å²) in [7, 11) is 2.02. The Hall–Kier alpha value is -2.67. The lowest BCUT2D eigenvalue weighted by molar-refractivity contribution is 0.0654. The van der Waals surface area contributed by atoms with Crippen LogP contribution in [0, 0.1) is 6.92 Å². The molecule has 2 aromatic rings. The van der Waals surface area contributed by atoms with E-state index in [9.17, 15) is 9.59 Å². The Morgan fingerprint density at radius 3 is 2.44 bits per heavy atom. The first-order valence-corrected chi connectivity index (χ1v) is 9.31. The fourth-order valence-corrected chi connectivity index (χ4v) is 2.93. The molecule has 1 fully saturated rings. The molecule has 7 nitrogen and oxygen atoms in total. The molecule has 0 N–H and O–H groups in total. The van der Waals surface area contributed by atoms with Gasteiger partial charge in [0.1, 0.15) is 0 Å². The predicted molar refractivity (Wildman–Crippen MR) is 104 cm³/mol. The molecule has 1 aliphatic heterocycles. The number of aromatic nitrogens is 2. The highest BCUT2D eigenvalue weighted by molar-refractivity contribution is 5.92. The standard InChI is InChI=1S/C20H26N4O3/c1-4-13-27-18-14-17(25)19(20(26)23-11-9-22(3)10-12-23)21-24(18)16-7-5-15(2)6-8-16/h5-8,14H,4,9-13H2,1-3H3. The van der Waals surface area contributed by atoms with Crippen LogP contribution in [0.3, 0.4) is 0 Å². The number of carbonyl (C=O) groups is 1. The summed E-state index contributed by atoms with van der Waals surface area (Å²) in [5, 5.41) is 4.39. The molecule has 1 amide bonds. The van der Waals surface area contributed by atoms with Crippen LogP contribution in [0.15, 0.2) is 35.1 Å². The van der Waals surface area contributed by atoms with E-state index in [1.165, 1.54) is 6.07 Å². The van der Waals surface area contributed by atoms with Gasteiger partial charge in [0.25, 0.3) is 5.91 Å². The monoisotopic (exact) mass is 370 g/mol. The molecule has 0 unspecified atom stereocenters. The van der Waals surface area contributed by atoms with Crippen LogP contribution >= 0.6 is 0 Å². The van der Waals surface area contributed by atoms with Gasteiger partial charge in [0.15, 0.2) is 5.69 Å². The number of piperazine rings is 1. The van der Waals surface area contributed by atoms with Crippen LogP contribution < -0.4 is 10.2 Å². The summed E-state index contributed by atoms with van der Waals surface area (Å²) in [6.45, 7) is 7.22. The van der Waals surface area contributed by atoms with Crippen molar-refractivity contribution in [3.8, 4) is 11.6 Å². The summed E-state index contributed by atoms with van der Waals surface area (Å²) < 4.78 is 7.26. The zero-order valence-corrected chi connectivity index (χ0v) is 16.1.